The van der Waals surface area contributed by atoms with Crippen molar-refractivity contribution in [2.45, 2.75) is 6.54 Å². The van der Waals surface area contributed by atoms with Crippen LogP contribution in [0, 0.1) is 5.82 Å². The van der Waals surface area contributed by atoms with Crippen LogP contribution < -0.4 is 15.4 Å². The maximum absolute atomic E-state index is 13.3. The van der Waals surface area contributed by atoms with Gasteiger partial charge >= 0.3 is 0 Å². The maximum atomic E-state index is 13.3. The molecule has 0 aromatic heterocycles. The Bertz CT molecular complexity index is 664. The Morgan fingerprint density at radius 3 is 2.82 bits per heavy atom. The molecule has 0 radical (unpaired) electrons. The molecule has 4 nitrogen and oxygen atoms in total. The van der Waals surface area contributed by atoms with Gasteiger partial charge < -0.3 is 15.4 Å². The number of rotatable bonds is 6. The fourth-order valence-corrected chi connectivity index (χ4v) is 1.95. The van der Waals surface area contributed by atoms with E-state index in [0.29, 0.717) is 12.2 Å². The molecule has 0 aliphatic carbocycles. The number of carbonyl (C=O) groups is 1. The molecule has 0 atom stereocenters. The summed E-state index contributed by atoms with van der Waals surface area (Å²) < 4.78 is 18.4. The Hall–Kier alpha value is -2.27. The van der Waals surface area contributed by atoms with Crippen molar-refractivity contribution in [3.8, 4) is 5.75 Å². The first kappa shape index (κ1) is 16.1. The molecule has 6 heteroatoms. The second-order valence-corrected chi connectivity index (χ2v) is 5.02. The summed E-state index contributed by atoms with van der Waals surface area (Å²) in [7, 11) is 1.59. The number of ether oxygens (including phenoxy) is 1. The third-order valence-electron chi connectivity index (χ3n) is 3.00. The molecule has 0 saturated heterocycles. The van der Waals surface area contributed by atoms with Crippen LogP contribution in [0.5, 0.6) is 5.75 Å². The lowest BCUT2D eigenvalue weighted by molar-refractivity contribution is -0.119. The molecular formula is C16H16ClFN2O2. The Kier molecular flexibility index (Phi) is 5.61. The lowest BCUT2D eigenvalue weighted by Crippen LogP contribution is -2.29. The van der Waals surface area contributed by atoms with Gasteiger partial charge in [-0.2, -0.15) is 0 Å². The molecule has 1 amide bonds. The van der Waals surface area contributed by atoms with E-state index in [4.69, 9.17) is 16.3 Å². The first-order valence-electron chi connectivity index (χ1n) is 6.67. The number of nitrogens with one attached hydrogen (secondary N) is 2. The van der Waals surface area contributed by atoms with E-state index < -0.39 is 5.82 Å². The number of hydrogen-bond donors (Lipinski definition) is 2. The Morgan fingerprint density at radius 1 is 1.27 bits per heavy atom. The standard InChI is InChI=1S/C16H16ClFN2O2/c1-22-13-4-2-3-11(7-13)9-20-16(21)10-19-12-5-6-14(17)15(18)8-12/h2-8,19H,9-10H2,1H3,(H,20,21). The summed E-state index contributed by atoms with van der Waals surface area (Å²) >= 11 is 5.59. The number of carbonyl (C=O) groups excluding carboxylic acids is 1. The fourth-order valence-electron chi connectivity index (χ4n) is 1.83. The van der Waals surface area contributed by atoms with Gasteiger partial charge in [0.15, 0.2) is 0 Å². The van der Waals surface area contributed by atoms with Gasteiger partial charge in [-0.25, -0.2) is 4.39 Å². The van der Waals surface area contributed by atoms with Crippen LogP contribution in [0.1, 0.15) is 5.56 Å². The summed E-state index contributed by atoms with van der Waals surface area (Å²) in [4.78, 5) is 11.8. The van der Waals surface area contributed by atoms with Crippen molar-refractivity contribution >= 4 is 23.2 Å². The summed E-state index contributed by atoms with van der Waals surface area (Å²) in [6.07, 6.45) is 0. The van der Waals surface area contributed by atoms with Gasteiger partial charge in [-0.1, -0.05) is 23.7 Å². The van der Waals surface area contributed by atoms with Crippen molar-refractivity contribution in [3.05, 3.63) is 58.9 Å². The molecular weight excluding hydrogens is 307 g/mol. The van der Waals surface area contributed by atoms with Crippen LogP contribution in [0.2, 0.25) is 5.02 Å². The normalized spacial score (nSPS) is 10.1. The molecule has 2 rings (SSSR count). The first-order valence-corrected chi connectivity index (χ1v) is 7.05. The van der Waals surface area contributed by atoms with Crippen molar-refractivity contribution < 1.29 is 13.9 Å². The van der Waals surface area contributed by atoms with Gasteiger partial charge in [-0.15, -0.1) is 0 Å². The van der Waals surface area contributed by atoms with E-state index in [2.05, 4.69) is 10.6 Å². The average Bonchev–Trinajstić information content (AvgIpc) is 2.54. The van der Waals surface area contributed by atoms with Crippen molar-refractivity contribution in [1.29, 1.82) is 0 Å². The number of hydrogen-bond acceptors (Lipinski definition) is 3. The summed E-state index contributed by atoms with van der Waals surface area (Å²) in [5.41, 5.74) is 1.43. The quantitative estimate of drug-likeness (QED) is 0.858. The molecule has 2 N–H and O–H groups in total. The third-order valence-corrected chi connectivity index (χ3v) is 3.30. The Labute approximate surface area is 133 Å². The van der Waals surface area contributed by atoms with Crippen LogP contribution in [0.15, 0.2) is 42.5 Å². The summed E-state index contributed by atoms with van der Waals surface area (Å²) in [6, 6.07) is 11.7. The first-order chi connectivity index (χ1) is 10.6. The predicted molar refractivity (Wildman–Crippen MR) is 84.7 cm³/mol. The second-order valence-electron chi connectivity index (χ2n) is 4.61. The van der Waals surface area contributed by atoms with E-state index in [9.17, 15) is 9.18 Å². The Balaban J connectivity index is 1.81. The van der Waals surface area contributed by atoms with Gasteiger partial charge in [0.1, 0.15) is 11.6 Å². The highest BCUT2D eigenvalue weighted by Crippen LogP contribution is 2.18. The Morgan fingerprint density at radius 2 is 2.09 bits per heavy atom. The lowest BCUT2D eigenvalue weighted by Gasteiger charge is -2.09. The van der Waals surface area contributed by atoms with E-state index in [1.54, 1.807) is 13.2 Å². The van der Waals surface area contributed by atoms with Gasteiger partial charge in [-0.05, 0) is 35.9 Å². The van der Waals surface area contributed by atoms with E-state index in [1.807, 2.05) is 24.3 Å². The molecule has 2 aromatic rings. The molecule has 2 aromatic carbocycles. The minimum Gasteiger partial charge on any atom is -0.497 e. The van der Waals surface area contributed by atoms with Crippen molar-refractivity contribution in [3.63, 3.8) is 0 Å². The van der Waals surface area contributed by atoms with E-state index in [1.165, 1.54) is 12.1 Å². The second kappa shape index (κ2) is 7.66. The zero-order chi connectivity index (χ0) is 15.9. The van der Waals surface area contributed by atoms with Crippen molar-refractivity contribution in [1.82, 2.24) is 5.32 Å². The van der Waals surface area contributed by atoms with Crippen molar-refractivity contribution in [2.24, 2.45) is 0 Å². The number of methoxy groups -OCH3 is 1. The summed E-state index contributed by atoms with van der Waals surface area (Å²) in [5.74, 6) is 0.0168. The number of amides is 1. The molecule has 116 valence electrons. The predicted octanol–water partition coefficient (Wildman–Crippen LogP) is 3.22. The zero-order valence-corrected chi connectivity index (χ0v) is 12.8. The summed E-state index contributed by atoms with van der Waals surface area (Å²) in [6.45, 7) is 0.442. The molecule has 0 spiro atoms. The SMILES string of the molecule is COc1cccc(CNC(=O)CNc2ccc(Cl)c(F)c2)c1. The zero-order valence-electron chi connectivity index (χ0n) is 12.0. The van der Waals surface area contributed by atoms with Crippen molar-refractivity contribution in [2.75, 3.05) is 19.0 Å². The van der Waals surface area contributed by atoms with Crippen LogP contribution in [0.25, 0.3) is 0 Å². The van der Waals surface area contributed by atoms with Gasteiger partial charge in [0, 0.05) is 12.2 Å². The fraction of sp³-hybridized carbons (Fsp3) is 0.188. The van der Waals surface area contributed by atoms with Gasteiger partial charge in [0.05, 0.1) is 18.7 Å². The highest BCUT2D eigenvalue weighted by atomic mass is 35.5. The number of benzene rings is 2. The van der Waals surface area contributed by atoms with Crippen LogP contribution in [0.3, 0.4) is 0 Å². The van der Waals surface area contributed by atoms with Gasteiger partial charge in [0.2, 0.25) is 5.91 Å². The van der Waals surface area contributed by atoms with E-state index in [0.717, 1.165) is 11.3 Å². The highest BCUT2D eigenvalue weighted by molar-refractivity contribution is 6.30. The van der Waals surface area contributed by atoms with E-state index >= 15 is 0 Å². The van der Waals surface area contributed by atoms with Crippen LogP contribution >= 0.6 is 11.6 Å². The van der Waals surface area contributed by atoms with Crippen LogP contribution in [0.4, 0.5) is 10.1 Å². The smallest absolute Gasteiger partial charge is 0.239 e. The van der Waals surface area contributed by atoms with Crippen LogP contribution in [-0.4, -0.2) is 19.6 Å². The molecule has 0 aliphatic heterocycles. The number of halogens is 2. The third kappa shape index (κ3) is 4.63. The molecule has 0 fully saturated rings. The highest BCUT2D eigenvalue weighted by Gasteiger charge is 2.04. The molecule has 22 heavy (non-hydrogen) atoms. The molecule has 0 aliphatic rings. The molecule has 0 unspecified atom stereocenters. The minimum absolute atomic E-state index is 0.0467. The summed E-state index contributed by atoms with van der Waals surface area (Å²) in [5, 5.41) is 5.65. The largest absolute Gasteiger partial charge is 0.497 e. The van der Waals surface area contributed by atoms with Crippen LogP contribution in [-0.2, 0) is 11.3 Å². The van der Waals surface area contributed by atoms with Gasteiger partial charge in [-0.3, -0.25) is 4.79 Å². The van der Waals surface area contributed by atoms with Gasteiger partial charge in [0.25, 0.3) is 0 Å². The lowest BCUT2D eigenvalue weighted by atomic mass is 10.2. The molecule has 0 heterocycles. The topological polar surface area (TPSA) is 50.4 Å². The number of anilines is 1. The van der Waals surface area contributed by atoms with E-state index in [-0.39, 0.29) is 17.5 Å². The monoisotopic (exact) mass is 322 g/mol. The average molecular weight is 323 g/mol. The maximum Gasteiger partial charge on any atom is 0.239 e. The molecule has 0 bridgehead atoms. The minimum atomic E-state index is -0.525. The molecule has 0 saturated carbocycles.